The molecular formula is C8H4F14O2. The third kappa shape index (κ3) is 3.62. The average molecular weight is 398 g/mol. The topological polar surface area (TPSA) is 29.5 Å². The average Bonchev–Trinajstić information content (AvgIpc) is 2.36. The molecule has 0 amide bonds. The summed E-state index contributed by atoms with van der Waals surface area (Å²) in [4.78, 5) is 0. The Balaban J connectivity index is 5.74. The van der Waals surface area contributed by atoms with Gasteiger partial charge >= 0.3 is 36.3 Å². The van der Waals surface area contributed by atoms with Crippen LogP contribution in [0.5, 0.6) is 0 Å². The monoisotopic (exact) mass is 398 g/mol. The third-order valence-corrected chi connectivity index (χ3v) is 2.32. The van der Waals surface area contributed by atoms with Crippen molar-refractivity contribution in [2.45, 2.75) is 48.9 Å². The molecule has 24 heavy (non-hydrogen) atoms. The van der Waals surface area contributed by atoms with Gasteiger partial charge in [0.05, 0.1) is 0 Å². The van der Waals surface area contributed by atoms with Gasteiger partial charge in [-0.05, 0) is 0 Å². The maximum Gasteiger partial charge on any atom is 0.445 e. The highest BCUT2D eigenvalue weighted by molar-refractivity contribution is 5.05. The summed E-state index contributed by atoms with van der Waals surface area (Å²) >= 11 is 0. The molecule has 0 heterocycles. The van der Waals surface area contributed by atoms with E-state index in [1.807, 2.05) is 0 Å². The van der Waals surface area contributed by atoms with Gasteiger partial charge in [-0.25, -0.2) is 13.2 Å². The zero-order valence-corrected chi connectivity index (χ0v) is 10.4. The minimum atomic E-state index is -7.56. The minimum Gasteiger partial charge on any atom is -0.363 e. The lowest BCUT2D eigenvalue weighted by Crippen LogP contribution is -2.67. The fourth-order valence-corrected chi connectivity index (χ4v) is 0.987. The van der Waals surface area contributed by atoms with Crippen LogP contribution in [0.4, 0.5) is 61.5 Å². The SMILES string of the molecule is OC(OC(F)C(F)(F)F)C(F)(F)C(F)(F)C(F)(F)C(F)(F)C(F)F. The quantitative estimate of drug-likeness (QED) is 0.520. The lowest BCUT2D eigenvalue weighted by atomic mass is 9.98. The molecule has 0 aliphatic heterocycles. The van der Waals surface area contributed by atoms with Crippen molar-refractivity contribution in [2.75, 3.05) is 0 Å². The summed E-state index contributed by atoms with van der Waals surface area (Å²) in [7, 11) is 0. The first-order chi connectivity index (χ1) is 10.2. The molecule has 0 bridgehead atoms. The Kier molecular flexibility index (Phi) is 6.06. The summed E-state index contributed by atoms with van der Waals surface area (Å²) in [5.74, 6) is -29.2. The Labute approximate surface area is 122 Å². The van der Waals surface area contributed by atoms with E-state index in [1.165, 1.54) is 0 Å². The molecule has 0 aliphatic rings. The van der Waals surface area contributed by atoms with Crippen LogP contribution in [0.15, 0.2) is 0 Å². The van der Waals surface area contributed by atoms with Gasteiger partial charge in [-0.3, -0.25) is 0 Å². The fourth-order valence-electron chi connectivity index (χ4n) is 0.987. The van der Waals surface area contributed by atoms with Crippen molar-refractivity contribution >= 4 is 0 Å². The van der Waals surface area contributed by atoms with Gasteiger partial charge in [-0.15, -0.1) is 0 Å². The molecule has 146 valence electrons. The molecule has 2 unspecified atom stereocenters. The zero-order valence-electron chi connectivity index (χ0n) is 10.4. The number of hydrogen-bond donors (Lipinski definition) is 1. The largest absolute Gasteiger partial charge is 0.445 e. The highest BCUT2D eigenvalue weighted by atomic mass is 19.4. The maximum atomic E-state index is 12.9. The molecule has 0 saturated heterocycles. The van der Waals surface area contributed by atoms with Gasteiger partial charge in [0.25, 0.3) is 6.36 Å². The molecule has 0 aromatic heterocycles. The first kappa shape index (κ1) is 22.9. The summed E-state index contributed by atoms with van der Waals surface area (Å²) in [5, 5.41) is 8.26. The van der Waals surface area contributed by atoms with E-state index < -0.39 is 48.9 Å². The van der Waals surface area contributed by atoms with Crippen molar-refractivity contribution in [1.82, 2.24) is 0 Å². The molecule has 0 aromatic carbocycles. The first-order valence-corrected chi connectivity index (χ1v) is 5.08. The molecule has 0 spiro atoms. The molecule has 0 radical (unpaired) electrons. The first-order valence-electron chi connectivity index (χ1n) is 5.08. The van der Waals surface area contributed by atoms with E-state index in [0.717, 1.165) is 0 Å². The second-order valence-corrected chi connectivity index (χ2v) is 4.04. The number of hydrogen-bond acceptors (Lipinski definition) is 2. The Morgan fingerprint density at radius 3 is 1.25 bits per heavy atom. The van der Waals surface area contributed by atoms with Crippen LogP contribution in [0, 0.1) is 0 Å². The van der Waals surface area contributed by atoms with Crippen LogP contribution in [-0.4, -0.2) is 54.0 Å². The van der Waals surface area contributed by atoms with Gasteiger partial charge in [0.1, 0.15) is 0 Å². The molecule has 2 nitrogen and oxygen atoms in total. The standard InChI is InChI=1S/C8H4F14O2/c9-1(10)4(12,13)7(19,20)8(21,22)5(14,15)3(23)24-2(11)6(16,17)18/h1-3,23H. The van der Waals surface area contributed by atoms with E-state index in [-0.39, 0.29) is 0 Å². The van der Waals surface area contributed by atoms with Crippen molar-refractivity contribution in [3.63, 3.8) is 0 Å². The lowest BCUT2D eigenvalue weighted by Gasteiger charge is -2.38. The highest BCUT2D eigenvalue weighted by Gasteiger charge is 2.84. The smallest absolute Gasteiger partial charge is 0.363 e. The van der Waals surface area contributed by atoms with Gasteiger partial charge in [0.2, 0.25) is 6.29 Å². The van der Waals surface area contributed by atoms with E-state index in [2.05, 4.69) is 4.74 Å². The number of alkyl halides is 14. The van der Waals surface area contributed by atoms with Gasteiger partial charge in [0, 0.05) is 0 Å². The van der Waals surface area contributed by atoms with Crippen LogP contribution in [0.25, 0.3) is 0 Å². The molecule has 2 atom stereocenters. The number of aliphatic hydroxyl groups excluding tert-OH is 1. The maximum absolute atomic E-state index is 12.9. The van der Waals surface area contributed by atoms with Crippen LogP contribution >= 0.6 is 0 Å². The van der Waals surface area contributed by atoms with E-state index in [1.54, 1.807) is 0 Å². The summed E-state index contributed by atoms with van der Waals surface area (Å²) in [6, 6.07) is 0. The fraction of sp³-hybridized carbons (Fsp3) is 1.00. The molecule has 0 rings (SSSR count). The lowest BCUT2D eigenvalue weighted by molar-refractivity contribution is -0.425. The van der Waals surface area contributed by atoms with Crippen molar-refractivity contribution in [2.24, 2.45) is 0 Å². The second-order valence-electron chi connectivity index (χ2n) is 4.04. The van der Waals surface area contributed by atoms with Crippen molar-refractivity contribution in [1.29, 1.82) is 0 Å². The van der Waals surface area contributed by atoms with Crippen molar-refractivity contribution in [3.8, 4) is 0 Å². The van der Waals surface area contributed by atoms with Gasteiger partial charge in [-0.2, -0.15) is 48.3 Å². The van der Waals surface area contributed by atoms with Crippen LogP contribution < -0.4 is 0 Å². The predicted octanol–water partition coefficient (Wildman–Crippen LogP) is 3.99. The Morgan fingerprint density at radius 2 is 0.958 bits per heavy atom. The van der Waals surface area contributed by atoms with Gasteiger partial charge in [-0.1, -0.05) is 0 Å². The molecule has 16 heteroatoms. The number of ether oxygens (including phenoxy) is 1. The van der Waals surface area contributed by atoms with E-state index >= 15 is 0 Å². The zero-order chi connectivity index (χ0) is 19.9. The molecular weight excluding hydrogens is 394 g/mol. The molecule has 1 N–H and O–H groups in total. The van der Waals surface area contributed by atoms with Crippen molar-refractivity contribution in [3.05, 3.63) is 0 Å². The summed E-state index contributed by atoms with van der Waals surface area (Å²) in [5.41, 5.74) is 0. The van der Waals surface area contributed by atoms with E-state index in [0.29, 0.717) is 0 Å². The molecule has 0 aromatic rings. The van der Waals surface area contributed by atoms with Crippen molar-refractivity contribution < 1.29 is 71.3 Å². The highest BCUT2D eigenvalue weighted by Crippen LogP contribution is 2.55. The number of halogens is 14. The molecule has 0 aliphatic carbocycles. The predicted molar refractivity (Wildman–Crippen MR) is 43.8 cm³/mol. The number of rotatable bonds is 7. The van der Waals surface area contributed by atoms with Crippen LogP contribution in [-0.2, 0) is 4.74 Å². The number of aliphatic hydroxyl groups is 1. The van der Waals surface area contributed by atoms with Crippen LogP contribution in [0.1, 0.15) is 0 Å². The third-order valence-electron chi connectivity index (χ3n) is 2.32. The van der Waals surface area contributed by atoms with E-state index in [4.69, 9.17) is 5.11 Å². The van der Waals surface area contributed by atoms with Gasteiger partial charge < -0.3 is 9.84 Å². The second kappa shape index (κ2) is 6.34. The Hall–Kier alpha value is -1.06. The Bertz CT molecular complexity index is 429. The van der Waals surface area contributed by atoms with Crippen LogP contribution in [0.2, 0.25) is 0 Å². The van der Waals surface area contributed by atoms with Crippen LogP contribution in [0.3, 0.4) is 0 Å². The summed E-state index contributed by atoms with van der Waals surface area (Å²) in [6.45, 7) is 0. The van der Waals surface area contributed by atoms with E-state index in [9.17, 15) is 61.5 Å². The minimum absolute atomic E-state index is 2.30. The molecule has 0 fully saturated rings. The Morgan fingerprint density at radius 1 is 0.625 bits per heavy atom. The summed E-state index contributed by atoms with van der Waals surface area (Å²) in [6.07, 6.45) is -21.7. The molecule has 0 saturated carbocycles. The normalized spacial score (nSPS) is 18.0. The summed E-state index contributed by atoms with van der Waals surface area (Å²) < 4.78 is 174. The van der Waals surface area contributed by atoms with Gasteiger partial charge in [0.15, 0.2) is 0 Å².